The fourth-order valence-corrected chi connectivity index (χ4v) is 5.75. The quantitative estimate of drug-likeness (QED) is 0.328. The molecular formula is C28H28N2O2S. The van der Waals surface area contributed by atoms with Crippen molar-refractivity contribution in [2.24, 2.45) is 0 Å². The molecule has 0 bridgehead atoms. The molecule has 1 N–H and O–H groups in total. The minimum absolute atomic E-state index is 0.00656. The van der Waals surface area contributed by atoms with Crippen LogP contribution in [0.1, 0.15) is 49.6 Å². The Hall–Kier alpha value is -3.18. The number of aryl methyl sites for hydroxylation is 1. The van der Waals surface area contributed by atoms with E-state index in [9.17, 15) is 9.90 Å². The zero-order chi connectivity index (χ0) is 22.8. The number of hydrogen-bond donors (Lipinski definition) is 1. The molecule has 168 valence electrons. The minimum atomic E-state index is 0.00656. The first kappa shape index (κ1) is 21.7. The maximum atomic E-state index is 14.0. The standard InChI is InChI=1S/C28H28N2O2S/c1-2-3-13-21-14-15-22(31)26-24(21)25-27(33-26)29-23(18-20-11-5-4-6-12-20)30(28(25)32)17-16-19-9-7-8-10-19/h4-9,11-12,14-15,31H,2-3,10,13,16-18H2,1H3. The summed E-state index contributed by atoms with van der Waals surface area (Å²) in [6.07, 6.45) is 11.8. The molecule has 2 heterocycles. The van der Waals surface area contributed by atoms with Crippen molar-refractivity contribution in [3.63, 3.8) is 0 Å². The van der Waals surface area contributed by atoms with Gasteiger partial charge in [0.1, 0.15) is 16.4 Å². The van der Waals surface area contributed by atoms with Gasteiger partial charge in [-0.1, -0.05) is 73.5 Å². The lowest BCUT2D eigenvalue weighted by molar-refractivity contribution is 0.482. The van der Waals surface area contributed by atoms with Gasteiger partial charge >= 0.3 is 0 Å². The van der Waals surface area contributed by atoms with E-state index >= 15 is 0 Å². The zero-order valence-electron chi connectivity index (χ0n) is 18.9. The van der Waals surface area contributed by atoms with Crippen LogP contribution in [-0.4, -0.2) is 14.7 Å². The summed E-state index contributed by atoms with van der Waals surface area (Å²) >= 11 is 1.43. The van der Waals surface area contributed by atoms with Gasteiger partial charge in [-0.05, 0) is 42.9 Å². The van der Waals surface area contributed by atoms with Gasteiger partial charge in [-0.3, -0.25) is 9.36 Å². The molecule has 0 radical (unpaired) electrons. The molecule has 2 aromatic heterocycles. The number of aromatic nitrogens is 2. The van der Waals surface area contributed by atoms with Crippen molar-refractivity contribution >= 4 is 31.6 Å². The number of rotatable bonds is 8. The Bertz CT molecular complexity index is 1430. The predicted molar refractivity (Wildman–Crippen MR) is 137 cm³/mol. The second kappa shape index (κ2) is 9.36. The second-order valence-electron chi connectivity index (χ2n) is 8.69. The van der Waals surface area contributed by atoms with Gasteiger partial charge in [0.15, 0.2) is 0 Å². The van der Waals surface area contributed by atoms with E-state index in [1.165, 1.54) is 16.9 Å². The number of benzene rings is 2. The number of phenolic OH excluding ortho intramolecular Hbond substituents is 1. The molecule has 5 heteroatoms. The van der Waals surface area contributed by atoms with Crippen molar-refractivity contribution in [2.45, 2.75) is 52.0 Å². The lowest BCUT2D eigenvalue weighted by Crippen LogP contribution is -2.25. The molecule has 0 saturated heterocycles. The predicted octanol–water partition coefficient (Wildman–Crippen LogP) is 6.53. The number of unbranched alkanes of at least 4 members (excludes halogenated alkanes) is 1. The second-order valence-corrected chi connectivity index (χ2v) is 9.69. The highest BCUT2D eigenvalue weighted by atomic mass is 32.1. The van der Waals surface area contributed by atoms with Crippen LogP contribution in [-0.2, 0) is 19.4 Å². The van der Waals surface area contributed by atoms with Gasteiger partial charge in [-0.25, -0.2) is 4.98 Å². The summed E-state index contributed by atoms with van der Waals surface area (Å²) in [5.41, 5.74) is 3.60. The molecule has 1 aliphatic carbocycles. The van der Waals surface area contributed by atoms with Crippen LogP contribution in [0.2, 0.25) is 0 Å². The van der Waals surface area contributed by atoms with Gasteiger partial charge in [0.25, 0.3) is 5.56 Å². The first-order chi connectivity index (χ1) is 16.2. The molecule has 33 heavy (non-hydrogen) atoms. The Labute approximate surface area is 197 Å². The van der Waals surface area contributed by atoms with Gasteiger partial charge in [0.2, 0.25) is 0 Å². The normalized spacial score (nSPS) is 13.3. The van der Waals surface area contributed by atoms with E-state index < -0.39 is 0 Å². The molecule has 0 saturated carbocycles. The third-order valence-electron chi connectivity index (χ3n) is 6.40. The van der Waals surface area contributed by atoms with Crippen molar-refractivity contribution in [3.05, 3.63) is 93.6 Å². The first-order valence-electron chi connectivity index (χ1n) is 11.7. The summed E-state index contributed by atoms with van der Waals surface area (Å²) in [5.74, 6) is 1.01. The lowest BCUT2D eigenvalue weighted by atomic mass is 10.0. The summed E-state index contributed by atoms with van der Waals surface area (Å²) in [6.45, 7) is 2.78. The van der Waals surface area contributed by atoms with Crippen molar-refractivity contribution in [2.75, 3.05) is 0 Å². The number of nitrogens with zero attached hydrogens (tertiary/aromatic N) is 2. The fraction of sp³-hybridized carbons (Fsp3) is 0.286. The van der Waals surface area contributed by atoms with Crippen LogP contribution in [0.25, 0.3) is 20.3 Å². The van der Waals surface area contributed by atoms with Gasteiger partial charge in [0, 0.05) is 18.4 Å². The highest BCUT2D eigenvalue weighted by Crippen LogP contribution is 2.39. The average molecular weight is 457 g/mol. The molecule has 4 nitrogen and oxygen atoms in total. The van der Waals surface area contributed by atoms with Crippen molar-refractivity contribution in [1.82, 2.24) is 9.55 Å². The van der Waals surface area contributed by atoms with E-state index in [0.717, 1.165) is 64.0 Å². The Morgan fingerprint density at radius 1 is 1.09 bits per heavy atom. The van der Waals surface area contributed by atoms with E-state index in [-0.39, 0.29) is 11.3 Å². The Balaban J connectivity index is 1.69. The molecule has 5 rings (SSSR count). The highest BCUT2D eigenvalue weighted by molar-refractivity contribution is 7.25. The molecule has 1 aliphatic rings. The van der Waals surface area contributed by atoms with Crippen LogP contribution in [0.15, 0.2) is 71.1 Å². The Kier molecular flexibility index (Phi) is 6.14. The molecule has 0 fully saturated rings. The molecule has 0 aliphatic heterocycles. The van der Waals surface area contributed by atoms with Crippen LogP contribution < -0.4 is 5.56 Å². The van der Waals surface area contributed by atoms with Gasteiger partial charge in [0.05, 0.1) is 10.1 Å². The van der Waals surface area contributed by atoms with Crippen LogP contribution >= 0.6 is 11.3 Å². The van der Waals surface area contributed by atoms with Crippen LogP contribution in [0.5, 0.6) is 5.75 Å². The Morgan fingerprint density at radius 2 is 1.94 bits per heavy atom. The summed E-state index contributed by atoms with van der Waals surface area (Å²) in [4.78, 5) is 19.7. The number of hydrogen-bond acceptors (Lipinski definition) is 4. The fourth-order valence-electron chi connectivity index (χ4n) is 4.60. The number of allylic oxidation sites excluding steroid dienone is 4. The molecule has 0 unspecified atom stereocenters. The van der Waals surface area contributed by atoms with E-state index in [0.29, 0.717) is 18.4 Å². The lowest BCUT2D eigenvalue weighted by Gasteiger charge is -2.13. The zero-order valence-corrected chi connectivity index (χ0v) is 19.7. The number of aromatic hydroxyl groups is 1. The Morgan fingerprint density at radius 3 is 2.70 bits per heavy atom. The topological polar surface area (TPSA) is 55.1 Å². The summed E-state index contributed by atoms with van der Waals surface area (Å²) in [7, 11) is 0. The third-order valence-corrected chi connectivity index (χ3v) is 7.50. The minimum Gasteiger partial charge on any atom is -0.506 e. The number of fused-ring (bicyclic) bond motifs is 3. The van der Waals surface area contributed by atoms with E-state index in [1.807, 2.05) is 28.8 Å². The first-order valence-corrected chi connectivity index (χ1v) is 12.5. The maximum Gasteiger partial charge on any atom is 0.262 e. The largest absolute Gasteiger partial charge is 0.506 e. The van der Waals surface area contributed by atoms with Gasteiger partial charge < -0.3 is 5.11 Å². The number of phenols is 1. The third kappa shape index (κ3) is 4.25. The molecule has 4 aromatic rings. The highest BCUT2D eigenvalue weighted by Gasteiger charge is 2.20. The number of thiophene rings is 1. The van der Waals surface area contributed by atoms with Crippen molar-refractivity contribution < 1.29 is 5.11 Å². The smallest absolute Gasteiger partial charge is 0.262 e. The SMILES string of the molecule is CCCCc1ccc(O)c2sc3nc(Cc4ccccc4)n(CCC4=CC=CC4)c(=O)c3c12. The molecule has 0 spiro atoms. The van der Waals surface area contributed by atoms with E-state index in [2.05, 4.69) is 37.3 Å². The summed E-state index contributed by atoms with van der Waals surface area (Å²) in [5, 5.41) is 12.1. The van der Waals surface area contributed by atoms with Crippen molar-refractivity contribution in [1.29, 1.82) is 0 Å². The van der Waals surface area contributed by atoms with Crippen LogP contribution in [0.3, 0.4) is 0 Å². The van der Waals surface area contributed by atoms with Gasteiger partial charge in [-0.15, -0.1) is 11.3 Å². The van der Waals surface area contributed by atoms with E-state index in [4.69, 9.17) is 4.98 Å². The maximum absolute atomic E-state index is 14.0. The molecule has 2 aromatic carbocycles. The average Bonchev–Trinajstić information content (AvgIpc) is 3.48. The van der Waals surface area contributed by atoms with Crippen LogP contribution in [0, 0.1) is 0 Å². The van der Waals surface area contributed by atoms with Crippen LogP contribution in [0.4, 0.5) is 0 Å². The molecule has 0 amide bonds. The van der Waals surface area contributed by atoms with Crippen molar-refractivity contribution in [3.8, 4) is 5.75 Å². The van der Waals surface area contributed by atoms with Gasteiger partial charge in [-0.2, -0.15) is 0 Å². The monoisotopic (exact) mass is 456 g/mol. The molecule has 0 atom stereocenters. The van der Waals surface area contributed by atoms with E-state index in [1.54, 1.807) is 6.07 Å². The summed E-state index contributed by atoms with van der Waals surface area (Å²) in [6, 6.07) is 13.9. The molecular weight excluding hydrogens is 428 g/mol. The summed E-state index contributed by atoms with van der Waals surface area (Å²) < 4.78 is 2.64.